The Bertz CT molecular complexity index is 330. The molecule has 3 N–H and O–H groups in total. The summed E-state index contributed by atoms with van der Waals surface area (Å²) in [6.45, 7) is -0.222. The normalized spacial score (nSPS) is 14.3. The highest BCUT2D eigenvalue weighted by Crippen LogP contribution is 2.29. The zero-order valence-electron chi connectivity index (χ0n) is 8.12. The van der Waals surface area contributed by atoms with E-state index >= 15 is 0 Å². The van der Waals surface area contributed by atoms with Gasteiger partial charge in [0.05, 0.1) is 6.61 Å². The summed E-state index contributed by atoms with van der Waals surface area (Å²) >= 11 is 0. The summed E-state index contributed by atoms with van der Waals surface area (Å²) in [6, 6.07) is 0.910. The molecule has 0 radical (unpaired) electrons. The number of hydrogen-bond acceptors (Lipinski definition) is 3. The van der Waals surface area contributed by atoms with Crippen LogP contribution in [0.2, 0.25) is 0 Å². The van der Waals surface area contributed by atoms with Crippen LogP contribution in [-0.4, -0.2) is 28.0 Å². The van der Waals surface area contributed by atoms with Crippen LogP contribution in [0, 0.1) is 0 Å². The van der Waals surface area contributed by atoms with Crippen molar-refractivity contribution in [1.82, 2.24) is 9.78 Å². The van der Waals surface area contributed by atoms with E-state index in [1.165, 1.54) is 7.05 Å². The summed E-state index contributed by atoms with van der Waals surface area (Å²) in [7, 11) is 1.39. The molecule has 1 rings (SSSR count). The molecule has 0 amide bonds. The highest BCUT2D eigenvalue weighted by molar-refractivity contribution is 5.17. The van der Waals surface area contributed by atoms with Crippen molar-refractivity contribution in [2.75, 3.05) is 13.2 Å². The molecule has 86 valence electrons. The summed E-state index contributed by atoms with van der Waals surface area (Å²) in [5.74, 6) is -0.515. The van der Waals surface area contributed by atoms with Crippen LogP contribution in [0.1, 0.15) is 17.3 Å². The van der Waals surface area contributed by atoms with Gasteiger partial charge in [-0.25, -0.2) is 0 Å². The van der Waals surface area contributed by atoms with Gasteiger partial charge in [-0.3, -0.25) is 4.68 Å². The zero-order valence-corrected chi connectivity index (χ0v) is 8.12. The fraction of sp³-hybridized carbons (Fsp3) is 0.625. The summed E-state index contributed by atoms with van der Waals surface area (Å²) in [5, 5.41) is 12.2. The molecule has 0 saturated carbocycles. The number of aromatic nitrogens is 2. The molecule has 0 bridgehead atoms. The van der Waals surface area contributed by atoms with E-state index in [0.29, 0.717) is 0 Å². The van der Waals surface area contributed by atoms with Crippen molar-refractivity contribution in [3.05, 3.63) is 17.5 Å². The van der Waals surface area contributed by atoms with E-state index in [2.05, 4.69) is 5.10 Å². The maximum atomic E-state index is 12.3. The summed E-state index contributed by atoms with van der Waals surface area (Å²) in [4.78, 5) is 0. The maximum Gasteiger partial charge on any atom is 0.435 e. The second kappa shape index (κ2) is 4.19. The zero-order chi connectivity index (χ0) is 11.6. The van der Waals surface area contributed by atoms with Crippen molar-refractivity contribution in [2.45, 2.75) is 12.1 Å². The van der Waals surface area contributed by atoms with Gasteiger partial charge in [0.15, 0.2) is 5.69 Å². The first-order chi connectivity index (χ1) is 6.90. The molecule has 1 unspecified atom stereocenters. The SMILES string of the molecule is Cn1nc(C(F)(F)F)cc1C(CN)CO. The number of nitrogens with zero attached hydrogens (tertiary/aromatic N) is 2. The smallest absolute Gasteiger partial charge is 0.396 e. The molecule has 0 aliphatic heterocycles. The molecule has 1 heterocycles. The van der Waals surface area contributed by atoms with Gasteiger partial charge in [0.25, 0.3) is 0 Å². The second-order valence-electron chi connectivity index (χ2n) is 3.19. The Labute approximate surface area is 84.5 Å². The predicted octanol–water partition coefficient (Wildman–Crippen LogP) is 0.474. The predicted molar refractivity (Wildman–Crippen MR) is 47.1 cm³/mol. The van der Waals surface area contributed by atoms with Crippen LogP contribution in [-0.2, 0) is 13.2 Å². The fourth-order valence-electron chi connectivity index (χ4n) is 1.29. The van der Waals surface area contributed by atoms with Gasteiger partial charge < -0.3 is 10.8 Å². The molecule has 0 aliphatic rings. The van der Waals surface area contributed by atoms with Crippen LogP contribution < -0.4 is 5.73 Å². The molecule has 1 aromatic heterocycles. The van der Waals surface area contributed by atoms with Crippen LogP contribution in [0.4, 0.5) is 13.2 Å². The average molecular weight is 223 g/mol. The van der Waals surface area contributed by atoms with Gasteiger partial charge in [-0.1, -0.05) is 0 Å². The molecule has 7 heteroatoms. The Morgan fingerprint density at radius 2 is 2.20 bits per heavy atom. The lowest BCUT2D eigenvalue weighted by Crippen LogP contribution is -2.18. The second-order valence-corrected chi connectivity index (χ2v) is 3.19. The summed E-state index contributed by atoms with van der Waals surface area (Å²) < 4.78 is 37.9. The van der Waals surface area contributed by atoms with Gasteiger partial charge in [0.2, 0.25) is 0 Å². The Balaban J connectivity index is 3.06. The third-order valence-electron chi connectivity index (χ3n) is 2.13. The van der Waals surface area contributed by atoms with Crippen molar-refractivity contribution in [3.63, 3.8) is 0 Å². The molecule has 0 aromatic carbocycles. The number of nitrogens with two attached hydrogens (primary N) is 1. The lowest BCUT2D eigenvalue weighted by atomic mass is 10.1. The molecular formula is C8H12F3N3O. The van der Waals surface area contributed by atoms with Crippen molar-refractivity contribution >= 4 is 0 Å². The molecule has 0 saturated heterocycles. The van der Waals surface area contributed by atoms with E-state index in [1.54, 1.807) is 0 Å². The average Bonchev–Trinajstić information content (AvgIpc) is 2.50. The first-order valence-corrected chi connectivity index (χ1v) is 4.32. The van der Waals surface area contributed by atoms with Crippen LogP contribution >= 0.6 is 0 Å². The Morgan fingerprint density at radius 1 is 1.60 bits per heavy atom. The quantitative estimate of drug-likeness (QED) is 0.783. The first-order valence-electron chi connectivity index (χ1n) is 4.32. The molecule has 1 aromatic rings. The number of rotatable bonds is 3. The van der Waals surface area contributed by atoms with Gasteiger partial charge >= 0.3 is 6.18 Å². The molecule has 15 heavy (non-hydrogen) atoms. The number of halogens is 3. The van der Waals surface area contributed by atoms with E-state index < -0.39 is 17.8 Å². The minimum atomic E-state index is -4.47. The molecule has 0 spiro atoms. The highest BCUT2D eigenvalue weighted by atomic mass is 19.4. The van der Waals surface area contributed by atoms with Crippen LogP contribution in [0.25, 0.3) is 0 Å². The number of aryl methyl sites for hydroxylation is 1. The van der Waals surface area contributed by atoms with Gasteiger partial charge in [0.1, 0.15) is 0 Å². The lowest BCUT2D eigenvalue weighted by molar-refractivity contribution is -0.141. The van der Waals surface area contributed by atoms with Gasteiger partial charge in [0, 0.05) is 25.2 Å². The summed E-state index contributed by atoms with van der Waals surface area (Å²) in [6.07, 6.45) is -4.47. The molecule has 4 nitrogen and oxygen atoms in total. The van der Waals surface area contributed by atoms with E-state index in [4.69, 9.17) is 10.8 Å². The van der Waals surface area contributed by atoms with E-state index in [1.807, 2.05) is 0 Å². The Kier molecular flexibility index (Phi) is 3.35. The number of hydrogen-bond donors (Lipinski definition) is 2. The number of alkyl halides is 3. The van der Waals surface area contributed by atoms with Gasteiger partial charge in [-0.15, -0.1) is 0 Å². The van der Waals surface area contributed by atoms with Crippen LogP contribution in [0.15, 0.2) is 6.07 Å². The van der Waals surface area contributed by atoms with Crippen LogP contribution in [0.3, 0.4) is 0 Å². The fourth-order valence-corrected chi connectivity index (χ4v) is 1.29. The molecular weight excluding hydrogens is 211 g/mol. The lowest BCUT2D eigenvalue weighted by Gasteiger charge is -2.10. The first kappa shape index (κ1) is 12.0. The van der Waals surface area contributed by atoms with Crippen molar-refractivity contribution in [1.29, 1.82) is 0 Å². The minimum absolute atomic E-state index is 0.0767. The molecule has 0 fully saturated rings. The van der Waals surface area contributed by atoms with E-state index in [9.17, 15) is 13.2 Å². The number of aliphatic hydroxyl groups is 1. The van der Waals surface area contributed by atoms with Crippen molar-refractivity contribution < 1.29 is 18.3 Å². The van der Waals surface area contributed by atoms with Crippen LogP contribution in [0.5, 0.6) is 0 Å². The van der Waals surface area contributed by atoms with Gasteiger partial charge in [-0.05, 0) is 6.07 Å². The molecule has 1 atom stereocenters. The minimum Gasteiger partial charge on any atom is -0.396 e. The topological polar surface area (TPSA) is 64.1 Å². The Morgan fingerprint density at radius 3 is 2.53 bits per heavy atom. The standard InChI is InChI=1S/C8H12F3N3O/c1-14-6(5(3-12)4-15)2-7(13-14)8(9,10)11/h2,5,15H,3-4,12H2,1H3. The largest absolute Gasteiger partial charge is 0.435 e. The monoisotopic (exact) mass is 223 g/mol. The third-order valence-corrected chi connectivity index (χ3v) is 2.13. The highest BCUT2D eigenvalue weighted by Gasteiger charge is 2.35. The van der Waals surface area contributed by atoms with E-state index in [-0.39, 0.29) is 18.8 Å². The van der Waals surface area contributed by atoms with Crippen molar-refractivity contribution in [2.24, 2.45) is 12.8 Å². The summed E-state index contributed by atoms with van der Waals surface area (Å²) in [5.41, 5.74) is 4.64. The van der Waals surface area contributed by atoms with Crippen molar-refractivity contribution in [3.8, 4) is 0 Å². The Hall–Kier alpha value is -1.08. The van der Waals surface area contributed by atoms with Gasteiger partial charge in [-0.2, -0.15) is 18.3 Å². The number of aliphatic hydroxyl groups excluding tert-OH is 1. The third kappa shape index (κ3) is 2.48. The maximum absolute atomic E-state index is 12.3. The molecule has 0 aliphatic carbocycles. The van der Waals surface area contributed by atoms with E-state index in [0.717, 1.165) is 10.7 Å².